The van der Waals surface area contributed by atoms with Gasteiger partial charge in [0.25, 0.3) is 5.91 Å². The number of aromatic nitrogens is 1. The first-order valence-corrected chi connectivity index (χ1v) is 11.3. The van der Waals surface area contributed by atoms with Crippen molar-refractivity contribution in [3.8, 4) is 11.3 Å². The zero-order valence-corrected chi connectivity index (χ0v) is 18.0. The average molecular weight is 424 g/mol. The first kappa shape index (κ1) is 21.5. The van der Waals surface area contributed by atoms with Crippen LogP contribution in [0.5, 0.6) is 0 Å². The molecular weight excluding hydrogens is 398 g/mol. The third kappa shape index (κ3) is 5.04. The Kier molecular flexibility index (Phi) is 6.52. The number of nitrogens with one attached hydrogen (secondary N) is 2. The van der Waals surface area contributed by atoms with Crippen LogP contribution in [0.25, 0.3) is 11.3 Å². The molecule has 3 aromatic rings. The van der Waals surface area contributed by atoms with Crippen LogP contribution in [0, 0.1) is 0 Å². The molecule has 0 aliphatic heterocycles. The number of carbonyl (C=O) groups excluding carboxylic acids is 1. The Balaban J connectivity index is 1.78. The number of sulfonamides is 1. The molecule has 2 N–H and O–H groups in total. The van der Waals surface area contributed by atoms with E-state index in [1.165, 1.54) is 0 Å². The minimum absolute atomic E-state index is 0.274. The number of carbonyl (C=O) groups is 1. The van der Waals surface area contributed by atoms with Crippen molar-refractivity contribution in [3.63, 3.8) is 0 Å². The molecule has 30 heavy (non-hydrogen) atoms. The summed E-state index contributed by atoms with van der Waals surface area (Å²) >= 11 is 0. The predicted octanol–water partition coefficient (Wildman–Crippen LogP) is 4.71. The first-order valence-electron chi connectivity index (χ1n) is 9.77. The Bertz CT molecular complexity index is 1130. The standard InChI is InChI=1S/C23H25N3O3S/c1-4-17-8-13-20(15-21(17)22-7-5-6-14-24-22)25-23(27)18-9-11-19(12-10-18)26-30(28,29)16(2)3/h5-16,26H,4H2,1-3H3,(H,25,27). The van der Waals surface area contributed by atoms with E-state index >= 15 is 0 Å². The van der Waals surface area contributed by atoms with E-state index in [4.69, 9.17) is 0 Å². The molecule has 7 heteroatoms. The third-order valence-electron chi connectivity index (χ3n) is 4.72. The highest BCUT2D eigenvalue weighted by molar-refractivity contribution is 7.93. The minimum atomic E-state index is -3.43. The van der Waals surface area contributed by atoms with Crippen molar-refractivity contribution >= 4 is 27.3 Å². The monoisotopic (exact) mass is 423 g/mol. The summed E-state index contributed by atoms with van der Waals surface area (Å²) in [7, 11) is -3.43. The highest BCUT2D eigenvalue weighted by atomic mass is 32.2. The highest BCUT2D eigenvalue weighted by Gasteiger charge is 2.16. The van der Waals surface area contributed by atoms with E-state index in [2.05, 4.69) is 21.9 Å². The average Bonchev–Trinajstić information content (AvgIpc) is 2.74. The molecule has 0 atom stereocenters. The fraction of sp³-hybridized carbons (Fsp3) is 0.217. The van der Waals surface area contributed by atoms with E-state index in [0.717, 1.165) is 23.2 Å². The second kappa shape index (κ2) is 9.09. The number of rotatable bonds is 7. The molecule has 0 radical (unpaired) electrons. The molecule has 0 saturated carbocycles. The van der Waals surface area contributed by atoms with Gasteiger partial charge in [0, 0.05) is 28.7 Å². The first-order chi connectivity index (χ1) is 14.3. The molecule has 0 bridgehead atoms. The van der Waals surface area contributed by atoms with Crippen molar-refractivity contribution in [2.24, 2.45) is 0 Å². The van der Waals surface area contributed by atoms with Crippen LogP contribution in [0.4, 0.5) is 11.4 Å². The van der Waals surface area contributed by atoms with Gasteiger partial charge in [-0.25, -0.2) is 8.42 Å². The van der Waals surface area contributed by atoms with E-state index in [0.29, 0.717) is 16.9 Å². The molecule has 0 aliphatic carbocycles. The smallest absolute Gasteiger partial charge is 0.255 e. The second-order valence-electron chi connectivity index (χ2n) is 7.17. The maximum absolute atomic E-state index is 12.7. The second-order valence-corrected chi connectivity index (χ2v) is 9.40. The van der Waals surface area contributed by atoms with E-state index < -0.39 is 15.3 Å². The maximum atomic E-state index is 12.7. The van der Waals surface area contributed by atoms with Gasteiger partial charge in [0.05, 0.1) is 10.9 Å². The van der Waals surface area contributed by atoms with Crippen molar-refractivity contribution in [2.45, 2.75) is 32.4 Å². The van der Waals surface area contributed by atoms with Crippen molar-refractivity contribution in [1.82, 2.24) is 4.98 Å². The molecule has 1 amide bonds. The molecule has 0 unspecified atom stereocenters. The Morgan fingerprint density at radius 3 is 2.30 bits per heavy atom. The van der Waals surface area contributed by atoms with Crippen molar-refractivity contribution in [3.05, 3.63) is 78.0 Å². The van der Waals surface area contributed by atoms with E-state index in [9.17, 15) is 13.2 Å². The van der Waals surface area contributed by atoms with Crippen molar-refractivity contribution in [2.75, 3.05) is 10.0 Å². The fourth-order valence-corrected chi connectivity index (χ4v) is 3.60. The largest absolute Gasteiger partial charge is 0.322 e. The Morgan fingerprint density at radius 2 is 1.70 bits per heavy atom. The van der Waals surface area contributed by atoms with Gasteiger partial charge in [-0.05, 0) is 74.4 Å². The Hall–Kier alpha value is -3.19. The molecule has 2 aromatic carbocycles. The van der Waals surface area contributed by atoms with Gasteiger partial charge in [-0.3, -0.25) is 14.5 Å². The molecular formula is C23H25N3O3S. The number of hydrogen-bond donors (Lipinski definition) is 2. The lowest BCUT2D eigenvalue weighted by Crippen LogP contribution is -2.22. The molecule has 156 valence electrons. The number of aryl methyl sites for hydroxylation is 1. The van der Waals surface area contributed by atoms with Crippen LogP contribution in [0.15, 0.2) is 66.9 Å². The van der Waals surface area contributed by atoms with Crippen molar-refractivity contribution < 1.29 is 13.2 Å². The van der Waals surface area contributed by atoms with Crippen LogP contribution >= 0.6 is 0 Å². The number of benzene rings is 2. The lowest BCUT2D eigenvalue weighted by molar-refractivity contribution is 0.102. The van der Waals surface area contributed by atoms with E-state index in [1.54, 1.807) is 44.3 Å². The summed E-state index contributed by atoms with van der Waals surface area (Å²) in [5.41, 5.74) is 4.50. The molecule has 1 heterocycles. The minimum Gasteiger partial charge on any atom is -0.322 e. The number of nitrogens with zero attached hydrogens (tertiary/aromatic N) is 1. The quantitative estimate of drug-likeness (QED) is 0.576. The van der Waals surface area contributed by atoms with Gasteiger partial charge in [-0.15, -0.1) is 0 Å². The number of anilines is 2. The van der Waals surface area contributed by atoms with Gasteiger partial charge in [0.1, 0.15) is 0 Å². The van der Waals surface area contributed by atoms with Gasteiger partial charge in [-0.1, -0.05) is 19.1 Å². The van der Waals surface area contributed by atoms with Crippen LogP contribution in [-0.2, 0) is 16.4 Å². The van der Waals surface area contributed by atoms with Crippen LogP contribution in [-0.4, -0.2) is 24.6 Å². The number of pyridine rings is 1. The van der Waals surface area contributed by atoms with Crippen molar-refractivity contribution in [1.29, 1.82) is 0 Å². The third-order valence-corrected chi connectivity index (χ3v) is 6.48. The molecule has 1 aromatic heterocycles. The number of amides is 1. The van der Waals surface area contributed by atoms with E-state index in [1.807, 2.05) is 36.4 Å². The summed E-state index contributed by atoms with van der Waals surface area (Å²) in [5, 5.41) is 2.36. The van der Waals surface area contributed by atoms with Crippen LogP contribution < -0.4 is 10.0 Å². The molecule has 0 aliphatic rings. The van der Waals surface area contributed by atoms with Gasteiger partial charge in [0.2, 0.25) is 10.0 Å². The topological polar surface area (TPSA) is 88.2 Å². The Labute approximate surface area is 177 Å². The normalized spacial score (nSPS) is 11.3. The lowest BCUT2D eigenvalue weighted by Gasteiger charge is -2.12. The van der Waals surface area contributed by atoms with Gasteiger partial charge in [-0.2, -0.15) is 0 Å². The number of hydrogen-bond acceptors (Lipinski definition) is 4. The van der Waals surface area contributed by atoms with Gasteiger partial charge in [0.15, 0.2) is 0 Å². The summed E-state index contributed by atoms with van der Waals surface area (Å²) in [6, 6.07) is 17.9. The fourth-order valence-electron chi connectivity index (χ4n) is 2.90. The maximum Gasteiger partial charge on any atom is 0.255 e. The summed E-state index contributed by atoms with van der Waals surface area (Å²) < 4.78 is 26.4. The van der Waals surface area contributed by atoms with E-state index in [-0.39, 0.29) is 5.91 Å². The van der Waals surface area contributed by atoms with Gasteiger partial charge >= 0.3 is 0 Å². The Morgan fingerprint density at radius 1 is 1.00 bits per heavy atom. The van der Waals surface area contributed by atoms with Crippen LogP contribution in [0.3, 0.4) is 0 Å². The van der Waals surface area contributed by atoms with Crippen LogP contribution in [0.1, 0.15) is 36.7 Å². The molecule has 0 fully saturated rings. The molecule has 3 rings (SSSR count). The summed E-state index contributed by atoms with van der Waals surface area (Å²) in [5.74, 6) is -0.274. The summed E-state index contributed by atoms with van der Waals surface area (Å²) in [6.07, 6.45) is 2.60. The predicted molar refractivity (Wildman–Crippen MR) is 121 cm³/mol. The molecule has 0 saturated heterocycles. The lowest BCUT2D eigenvalue weighted by atomic mass is 10.0. The molecule has 6 nitrogen and oxygen atoms in total. The summed E-state index contributed by atoms with van der Waals surface area (Å²) in [6.45, 7) is 5.29. The molecule has 0 spiro atoms. The zero-order valence-electron chi connectivity index (χ0n) is 17.2. The summed E-state index contributed by atoms with van der Waals surface area (Å²) in [4.78, 5) is 17.1. The van der Waals surface area contributed by atoms with Crippen LogP contribution in [0.2, 0.25) is 0 Å². The zero-order chi connectivity index (χ0) is 21.7. The van der Waals surface area contributed by atoms with Gasteiger partial charge < -0.3 is 5.32 Å². The highest BCUT2D eigenvalue weighted by Crippen LogP contribution is 2.26. The SMILES string of the molecule is CCc1ccc(NC(=O)c2ccc(NS(=O)(=O)C(C)C)cc2)cc1-c1ccccn1.